The largest absolute Gasteiger partial charge is 0.494 e. The number of sulfone groups is 1. The summed E-state index contributed by atoms with van der Waals surface area (Å²) < 4.78 is 75.8. The number of carboxylic acids is 1. The quantitative estimate of drug-likeness (QED) is 0.408. The number of aliphatic carboxylic acids is 1. The van der Waals surface area contributed by atoms with Gasteiger partial charge in [0.15, 0.2) is 0 Å². The van der Waals surface area contributed by atoms with Gasteiger partial charge in [-0.05, 0) is 72.6 Å². The molecule has 6 nitrogen and oxygen atoms in total. The lowest BCUT2D eigenvalue weighted by Gasteiger charge is -2.12. The first-order chi connectivity index (χ1) is 16.0. The topological polar surface area (TPSA) is 89.9 Å². The van der Waals surface area contributed by atoms with E-state index in [9.17, 15) is 26.4 Å². The van der Waals surface area contributed by atoms with Crippen LogP contribution in [0.25, 0.3) is 0 Å². The maximum Gasteiger partial charge on any atom is 0.416 e. The number of benzene rings is 3. The summed E-state index contributed by atoms with van der Waals surface area (Å²) in [6.07, 6.45) is -4.20. The van der Waals surface area contributed by atoms with Gasteiger partial charge in [0.2, 0.25) is 9.84 Å². The lowest BCUT2D eigenvalue weighted by molar-refractivity contribution is -0.138. The summed E-state index contributed by atoms with van der Waals surface area (Å²) in [5.74, 6) is -0.689. The Bertz CT molecular complexity index is 1270. The van der Waals surface area contributed by atoms with Crippen molar-refractivity contribution in [1.29, 1.82) is 0 Å². The van der Waals surface area contributed by atoms with Crippen LogP contribution in [0.5, 0.6) is 17.2 Å². The summed E-state index contributed by atoms with van der Waals surface area (Å²) in [6.45, 7) is 2.20. The maximum atomic E-state index is 13.3. The molecule has 0 saturated carbocycles. The number of carboxylic acid groups (broad SMARTS) is 1. The number of rotatable bonds is 9. The highest BCUT2D eigenvalue weighted by atomic mass is 32.2. The molecule has 0 heterocycles. The Morgan fingerprint density at radius 2 is 1.59 bits per heavy atom. The van der Waals surface area contributed by atoms with Gasteiger partial charge in [0.1, 0.15) is 17.2 Å². The average Bonchev–Trinajstić information content (AvgIpc) is 2.77. The molecule has 0 fully saturated rings. The Hall–Kier alpha value is -3.53. The van der Waals surface area contributed by atoms with E-state index in [4.69, 9.17) is 14.6 Å². The summed E-state index contributed by atoms with van der Waals surface area (Å²) in [4.78, 5) is 10.9. The summed E-state index contributed by atoms with van der Waals surface area (Å²) >= 11 is 0. The summed E-state index contributed by atoms with van der Waals surface area (Å²) in [6, 6.07) is 13.5. The lowest BCUT2D eigenvalue weighted by Crippen LogP contribution is -2.07. The van der Waals surface area contributed by atoms with Crippen LogP contribution >= 0.6 is 0 Å². The summed E-state index contributed by atoms with van der Waals surface area (Å²) in [5, 5.41) is 9.11. The second-order valence-electron chi connectivity index (χ2n) is 7.33. The van der Waals surface area contributed by atoms with E-state index in [1.54, 1.807) is 0 Å². The normalized spacial score (nSPS) is 11.8. The van der Waals surface area contributed by atoms with Crippen molar-refractivity contribution in [3.8, 4) is 17.2 Å². The predicted molar refractivity (Wildman–Crippen MR) is 117 cm³/mol. The molecule has 0 saturated heterocycles. The van der Waals surface area contributed by atoms with Crippen LogP contribution in [-0.4, -0.2) is 26.1 Å². The third-order valence-electron chi connectivity index (χ3n) is 4.61. The smallest absolute Gasteiger partial charge is 0.416 e. The highest BCUT2D eigenvalue weighted by Gasteiger charge is 2.30. The Morgan fingerprint density at radius 1 is 0.912 bits per heavy atom. The first-order valence-electron chi connectivity index (χ1n) is 10.2. The van der Waals surface area contributed by atoms with E-state index in [1.807, 2.05) is 6.92 Å². The minimum atomic E-state index is -4.48. The fraction of sp³-hybridized carbons (Fsp3) is 0.208. The minimum Gasteiger partial charge on any atom is -0.494 e. The molecule has 0 aliphatic rings. The predicted octanol–water partition coefficient (Wildman–Crippen LogP) is 5.75. The van der Waals surface area contributed by atoms with Crippen molar-refractivity contribution >= 4 is 15.8 Å². The van der Waals surface area contributed by atoms with E-state index >= 15 is 0 Å². The molecule has 0 amide bonds. The molecule has 34 heavy (non-hydrogen) atoms. The van der Waals surface area contributed by atoms with Crippen LogP contribution in [-0.2, 0) is 27.2 Å². The molecular formula is C24H21F3O6S. The van der Waals surface area contributed by atoms with Crippen LogP contribution < -0.4 is 9.47 Å². The SMILES string of the molecule is CCCOc1cc(CC(=O)O)cc(S(=O)(=O)c2cccc(Oc3ccc(C(F)(F)F)cc3)c2)c1. The third-order valence-corrected chi connectivity index (χ3v) is 6.34. The monoisotopic (exact) mass is 494 g/mol. The lowest BCUT2D eigenvalue weighted by atomic mass is 10.1. The van der Waals surface area contributed by atoms with Crippen molar-refractivity contribution in [3.63, 3.8) is 0 Å². The molecule has 3 aromatic carbocycles. The number of alkyl halides is 3. The molecule has 0 aliphatic heterocycles. The van der Waals surface area contributed by atoms with E-state index in [2.05, 4.69) is 0 Å². The highest BCUT2D eigenvalue weighted by Crippen LogP contribution is 2.33. The van der Waals surface area contributed by atoms with Gasteiger partial charge >= 0.3 is 12.1 Å². The van der Waals surface area contributed by atoms with E-state index < -0.39 is 27.5 Å². The van der Waals surface area contributed by atoms with Gasteiger partial charge in [0.25, 0.3) is 0 Å². The van der Waals surface area contributed by atoms with Crippen molar-refractivity contribution in [3.05, 3.63) is 77.9 Å². The second kappa shape index (κ2) is 10.2. The molecule has 0 aromatic heterocycles. The van der Waals surface area contributed by atoms with Gasteiger partial charge in [-0.3, -0.25) is 4.79 Å². The van der Waals surface area contributed by atoms with Crippen molar-refractivity contribution in [2.75, 3.05) is 6.61 Å². The molecule has 0 spiro atoms. The van der Waals surface area contributed by atoms with E-state index in [0.717, 1.165) is 24.3 Å². The van der Waals surface area contributed by atoms with Gasteiger partial charge in [-0.1, -0.05) is 13.0 Å². The second-order valence-corrected chi connectivity index (χ2v) is 9.28. The molecule has 0 atom stereocenters. The van der Waals surface area contributed by atoms with Crippen molar-refractivity contribution in [2.24, 2.45) is 0 Å². The number of carbonyl (C=O) groups is 1. The maximum absolute atomic E-state index is 13.3. The fourth-order valence-corrected chi connectivity index (χ4v) is 4.43. The molecule has 1 N–H and O–H groups in total. The molecular weight excluding hydrogens is 473 g/mol. The first kappa shape index (κ1) is 25.1. The van der Waals surface area contributed by atoms with Crippen LogP contribution in [0.1, 0.15) is 24.5 Å². The molecule has 180 valence electrons. The number of hydrogen-bond donors (Lipinski definition) is 1. The van der Waals surface area contributed by atoms with Gasteiger partial charge in [0.05, 0.1) is 28.4 Å². The van der Waals surface area contributed by atoms with Gasteiger partial charge in [0, 0.05) is 0 Å². The molecule has 0 unspecified atom stereocenters. The minimum absolute atomic E-state index is 0.0984. The van der Waals surface area contributed by atoms with E-state index in [0.29, 0.717) is 13.0 Å². The van der Waals surface area contributed by atoms with Crippen molar-refractivity contribution in [1.82, 2.24) is 0 Å². The number of halogens is 3. The van der Waals surface area contributed by atoms with Crippen LogP contribution in [0.2, 0.25) is 0 Å². The zero-order valence-corrected chi connectivity index (χ0v) is 18.8. The van der Waals surface area contributed by atoms with Crippen LogP contribution in [0.15, 0.2) is 76.5 Å². The van der Waals surface area contributed by atoms with Crippen molar-refractivity contribution in [2.45, 2.75) is 35.7 Å². The molecule has 0 radical (unpaired) electrons. The Morgan fingerprint density at radius 3 is 2.21 bits per heavy atom. The molecule has 3 rings (SSSR count). The number of hydrogen-bond acceptors (Lipinski definition) is 5. The standard InChI is InChI=1S/C24H21F3O6S/c1-2-10-32-20-11-16(13-23(28)29)12-22(15-20)34(30,31)21-5-3-4-19(14-21)33-18-8-6-17(7-9-18)24(25,26)27/h3-9,11-12,14-15H,2,10,13H2,1H3,(H,28,29). The number of ether oxygens (including phenoxy) is 2. The average molecular weight is 494 g/mol. The Kier molecular flexibility index (Phi) is 7.51. The summed E-state index contributed by atoms with van der Waals surface area (Å²) in [7, 11) is -4.09. The highest BCUT2D eigenvalue weighted by molar-refractivity contribution is 7.91. The fourth-order valence-electron chi connectivity index (χ4n) is 3.05. The first-order valence-corrected chi connectivity index (χ1v) is 11.7. The van der Waals surface area contributed by atoms with Crippen LogP contribution in [0, 0.1) is 0 Å². The van der Waals surface area contributed by atoms with E-state index in [1.165, 1.54) is 42.5 Å². The third kappa shape index (κ3) is 6.28. The Balaban J connectivity index is 1.92. The summed E-state index contributed by atoms with van der Waals surface area (Å²) in [5.41, 5.74) is -0.574. The molecule has 0 aliphatic carbocycles. The van der Waals surface area contributed by atoms with Crippen molar-refractivity contribution < 1.29 is 41.0 Å². The molecule has 0 bridgehead atoms. The van der Waals surface area contributed by atoms with Gasteiger partial charge in [-0.15, -0.1) is 0 Å². The zero-order chi connectivity index (χ0) is 24.9. The van der Waals surface area contributed by atoms with Gasteiger partial charge in [-0.2, -0.15) is 13.2 Å². The van der Waals surface area contributed by atoms with Gasteiger partial charge in [-0.25, -0.2) is 8.42 Å². The molecule has 10 heteroatoms. The van der Waals surface area contributed by atoms with Gasteiger partial charge < -0.3 is 14.6 Å². The molecule has 3 aromatic rings. The van der Waals surface area contributed by atoms with Crippen LogP contribution in [0.3, 0.4) is 0 Å². The Labute approximate surface area is 194 Å². The van der Waals surface area contributed by atoms with Crippen LogP contribution in [0.4, 0.5) is 13.2 Å². The van der Waals surface area contributed by atoms with E-state index in [-0.39, 0.29) is 39.0 Å². The zero-order valence-electron chi connectivity index (χ0n) is 18.0.